The highest BCUT2D eigenvalue weighted by Crippen LogP contribution is 2.25. The standard InChI is InChI=1S/C17H19NO4/c1-17(2,3)22-16(20)18-14-10-12-8-6-5-7-11(12)9-13(14)15(19)21-4/h5-10H,1-4H3,(H,18,20). The van der Waals surface area contributed by atoms with Gasteiger partial charge >= 0.3 is 12.1 Å². The maximum Gasteiger partial charge on any atom is 0.412 e. The number of amides is 1. The molecule has 2 rings (SSSR count). The van der Waals surface area contributed by atoms with Crippen molar-refractivity contribution < 1.29 is 19.1 Å². The van der Waals surface area contributed by atoms with E-state index in [1.165, 1.54) is 7.11 Å². The van der Waals surface area contributed by atoms with E-state index in [1.54, 1.807) is 32.9 Å². The second-order valence-corrected chi connectivity index (χ2v) is 5.86. The van der Waals surface area contributed by atoms with Gasteiger partial charge in [0.1, 0.15) is 5.60 Å². The van der Waals surface area contributed by atoms with Gasteiger partial charge < -0.3 is 9.47 Å². The Balaban J connectivity index is 2.41. The van der Waals surface area contributed by atoms with Gasteiger partial charge in [0.2, 0.25) is 0 Å². The van der Waals surface area contributed by atoms with E-state index in [4.69, 9.17) is 9.47 Å². The molecule has 0 spiro atoms. The maximum absolute atomic E-state index is 11.9. The summed E-state index contributed by atoms with van der Waals surface area (Å²) in [7, 11) is 1.30. The lowest BCUT2D eigenvalue weighted by molar-refractivity contribution is 0.0602. The highest BCUT2D eigenvalue weighted by Gasteiger charge is 2.19. The Morgan fingerprint density at radius 2 is 1.64 bits per heavy atom. The number of carbonyl (C=O) groups excluding carboxylic acids is 2. The van der Waals surface area contributed by atoms with Crippen LogP contribution >= 0.6 is 0 Å². The summed E-state index contributed by atoms with van der Waals surface area (Å²) in [4.78, 5) is 23.9. The summed E-state index contributed by atoms with van der Waals surface area (Å²) in [6.45, 7) is 5.32. The number of nitrogens with one attached hydrogen (secondary N) is 1. The van der Waals surface area contributed by atoms with Gasteiger partial charge in [0.15, 0.2) is 0 Å². The van der Waals surface area contributed by atoms with Crippen molar-refractivity contribution in [3.8, 4) is 0 Å². The van der Waals surface area contributed by atoms with Crippen LogP contribution < -0.4 is 5.32 Å². The fourth-order valence-corrected chi connectivity index (χ4v) is 2.04. The van der Waals surface area contributed by atoms with E-state index in [2.05, 4.69) is 5.32 Å². The van der Waals surface area contributed by atoms with Crippen molar-refractivity contribution in [3.05, 3.63) is 42.0 Å². The summed E-state index contributed by atoms with van der Waals surface area (Å²) in [6.07, 6.45) is -0.618. The van der Waals surface area contributed by atoms with Gasteiger partial charge in [-0.25, -0.2) is 9.59 Å². The predicted molar refractivity (Wildman–Crippen MR) is 85.1 cm³/mol. The molecule has 1 N–H and O–H groups in total. The Kier molecular flexibility index (Phi) is 4.35. The molecule has 0 unspecified atom stereocenters. The Hall–Kier alpha value is -2.56. The largest absolute Gasteiger partial charge is 0.465 e. The van der Waals surface area contributed by atoms with E-state index in [1.807, 2.05) is 24.3 Å². The first-order valence-electron chi connectivity index (χ1n) is 6.91. The lowest BCUT2D eigenvalue weighted by Crippen LogP contribution is -2.27. The minimum absolute atomic E-state index is 0.284. The summed E-state index contributed by atoms with van der Waals surface area (Å²) in [5, 5.41) is 4.40. The lowest BCUT2D eigenvalue weighted by atomic mass is 10.0. The van der Waals surface area contributed by atoms with Crippen LogP contribution in [0.2, 0.25) is 0 Å². The molecular formula is C17H19NO4. The van der Waals surface area contributed by atoms with Gasteiger partial charge in [-0.3, -0.25) is 5.32 Å². The second kappa shape index (κ2) is 6.05. The maximum atomic E-state index is 11.9. The van der Waals surface area contributed by atoms with E-state index < -0.39 is 17.7 Å². The highest BCUT2D eigenvalue weighted by atomic mass is 16.6. The Labute approximate surface area is 129 Å². The SMILES string of the molecule is COC(=O)c1cc2ccccc2cc1NC(=O)OC(C)(C)C. The number of anilines is 1. The number of rotatable bonds is 2. The van der Waals surface area contributed by atoms with Crippen LogP contribution in [0.5, 0.6) is 0 Å². The van der Waals surface area contributed by atoms with Crippen LogP contribution in [-0.2, 0) is 9.47 Å². The van der Waals surface area contributed by atoms with Gasteiger partial charge in [-0.05, 0) is 43.7 Å². The predicted octanol–water partition coefficient (Wildman–Crippen LogP) is 3.97. The van der Waals surface area contributed by atoms with Crippen LogP contribution in [0.4, 0.5) is 10.5 Å². The quantitative estimate of drug-likeness (QED) is 0.852. The van der Waals surface area contributed by atoms with Crippen LogP contribution in [0.1, 0.15) is 31.1 Å². The molecule has 5 nitrogen and oxygen atoms in total. The Morgan fingerprint density at radius 3 is 2.18 bits per heavy atom. The van der Waals surface area contributed by atoms with E-state index in [0.717, 1.165) is 10.8 Å². The molecule has 0 heterocycles. The molecule has 116 valence electrons. The van der Waals surface area contributed by atoms with Gasteiger partial charge in [-0.2, -0.15) is 0 Å². The molecule has 0 aliphatic heterocycles. The number of hydrogen-bond donors (Lipinski definition) is 1. The zero-order valence-corrected chi connectivity index (χ0v) is 13.1. The smallest absolute Gasteiger partial charge is 0.412 e. The highest BCUT2D eigenvalue weighted by molar-refractivity contribution is 6.04. The van der Waals surface area contributed by atoms with Crippen molar-refractivity contribution in [2.45, 2.75) is 26.4 Å². The first-order valence-corrected chi connectivity index (χ1v) is 6.91. The fourth-order valence-electron chi connectivity index (χ4n) is 2.04. The molecule has 0 saturated carbocycles. The van der Waals surface area contributed by atoms with E-state index >= 15 is 0 Å². The average molecular weight is 301 g/mol. The zero-order valence-electron chi connectivity index (χ0n) is 13.1. The monoisotopic (exact) mass is 301 g/mol. The number of carbonyl (C=O) groups is 2. The van der Waals surface area contributed by atoms with Gasteiger partial charge in [-0.1, -0.05) is 24.3 Å². The number of methoxy groups -OCH3 is 1. The van der Waals surface area contributed by atoms with Crippen molar-refractivity contribution in [2.24, 2.45) is 0 Å². The molecule has 2 aromatic rings. The Morgan fingerprint density at radius 1 is 1.05 bits per heavy atom. The zero-order chi connectivity index (χ0) is 16.3. The first-order chi connectivity index (χ1) is 10.3. The minimum atomic E-state index is -0.619. The summed E-state index contributed by atoms with van der Waals surface area (Å²) < 4.78 is 10.00. The molecule has 1 amide bonds. The Bertz CT molecular complexity index is 716. The minimum Gasteiger partial charge on any atom is -0.465 e. The van der Waals surface area contributed by atoms with Crippen LogP contribution in [-0.4, -0.2) is 24.8 Å². The molecule has 0 bridgehead atoms. The molecule has 5 heteroatoms. The lowest BCUT2D eigenvalue weighted by Gasteiger charge is -2.20. The first kappa shape index (κ1) is 15.8. The van der Waals surface area contributed by atoms with Gasteiger partial charge in [0, 0.05) is 0 Å². The third-order valence-corrected chi connectivity index (χ3v) is 2.93. The van der Waals surface area contributed by atoms with Crippen LogP contribution in [0.3, 0.4) is 0 Å². The molecule has 0 saturated heterocycles. The second-order valence-electron chi connectivity index (χ2n) is 5.86. The van der Waals surface area contributed by atoms with E-state index in [0.29, 0.717) is 5.69 Å². The number of ether oxygens (including phenoxy) is 2. The van der Waals surface area contributed by atoms with E-state index in [9.17, 15) is 9.59 Å². The summed E-state index contributed by atoms with van der Waals surface area (Å²) in [5.41, 5.74) is 0.0265. The van der Waals surface area contributed by atoms with E-state index in [-0.39, 0.29) is 5.56 Å². The summed E-state index contributed by atoms with van der Waals surface area (Å²) in [6, 6.07) is 11.0. The fraction of sp³-hybridized carbons (Fsp3) is 0.294. The molecule has 0 atom stereocenters. The van der Waals surface area contributed by atoms with Crippen molar-refractivity contribution in [3.63, 3.8) is 0 Å². The topological polar surface area (TPSA) is 64.6 Å². The third kappa shape index (κ3) is 3.75. The number of hydrogen-bond acceptors (Lipinski definition) is 4. The number of benzene rings is 2. The number of esters is 1. The number of fused-ring (bicyclic) bond motifs is 1. The molecule has 22 heavy (non-hydrogen) atoms. The molecule has 2 aromatic carbocycles. The molecule has 0 fully saturated rings. The van der Waals surface area contributed by atoms with Gasteiger partial charge in [0.25, 0.3) is 0 Å². The summed E-state index contributed by atoms with van der Waals surface area (Å²) in [5.74, 6) is -0.517. The molecule has 0 aromatic heterocycles. The van der Waals surface area contributed by atoms with Crippen molar-refractivity contribution in [1.82, 2.24) is 0 Å². The normalized spacial score (nSPS) is 11.1. The molecule has 0 aliphatic rings. The van der Waals surface area contributed by atoms with Crippen molar-refractivity contribution in [1.29, 1.82) is 0 Å². The summed E-state index contributed by atoms with van der Waals surface area (Å²) >= 11 is 0. The molecular weight excluding hydrogens is 282 g/mol. The van der Waals surface area contributed by atoms with Crippen LogP contribution in [0.15, 0.2) is 36.4 Å². The van der Waals surface area contributed by atoms with Crippen LogP contribution in [0, 0.1) is 0 Å². The van der Waals surface area contributed by atoms with Gasteiger partial charge in [-0.15, -0.1) is 0 Å². The third-order valence-electron chi connectivity index (χ3n) is 2.93. The van der Waals surface area contributed by atoms with Crippen molar-refractivity contribution in [2.75, 3.05) is 12.4 Å². The average Bonchev–Trinajstić information content (AvgIpc) is 2.43. The van der Waals surface area contributed by atoms with Gasteiger partial charge in [0.05, 0.1) is 18.4 Å². The molecule has 0 aliphatic carbocycles. The molecule has 0 radical (unpaired) electrons. The van der Waals surface area contributed by atoms with Crippen LogP contribution in [0.25, 0.3) is 10.8 Å². The van der Waals surface area contributed by atoms with Crippen molar-refractivity contribution >= 4 is 28.5 Å².